The number of nitrogens with zero attached hydrogens (tertiary/aromatic N) is 4. The van der Waals surface area contributed by atoms with E-state index in [0.29, 0.717) is 17.8 Å². The molecule has 0 saturated heterocycles. The van der Waals surface area contributed by atoms with Gasteiger partial charge in [0, 0.05) is 5.69 Å². The highest BCUT2D eigenvalue weighted by Crippen LogP contribution is 2.29. The Kier molecular flexibility index (Phi) is 2.04. The molecule has 0 unspecified atom stereocenters. The van der Waals surface area contributed by atoms with E-state index in [-0.39, 0.29) is 11.7 Å². The quantitative estimate of drug-likeness (QED) is 0.692. The average Bonchev–Trinajstić information content (AvgIpc) is 2.92. The minimum atomic E-state index is -0.0575. The molecule has 0 bridgehead atoms. The van der Waals surface area contributed by atoms with Gasteiger partial charge in [-0.1, -0.05) is 0 Å². The first kappa shape index (κ1) is 10.3. The molecule has 0 atom stereocenters. The Hall–Kier alpha value is -2.88. The lowest BCUT2D eigenvalue weighted by molar-refractivity contribution is -0.115. The van der Waals surface area contributed by atoms with Gasteiger partial charge in [0.05, 0.1) is 17.8 Å². The molecule has 2 heterocycles. The van der Waals surface area contributed by atoms with E-state index in [4.69, 9.17) is 11.0 Å². The molecule has 3 rings (SSSR count). The molecule has 7 nitrogen and oxygen atoms in total. The Balaban J connectivity index is 2.11. The number of rotatable bonds is 1. The van der Waals surface area contributed by atoms with Gasteiger partial charge in [0.15, 0.2) is 0 Å². The van der Waals surface area contributed by atoms with Crippen molar-refractivity contribution in [2.24, 2.45) is 0 Å². The van der Waals surface area contributed by atoms with Gasteiger partial charge in [0.25, 0.3) is 5.82 Å². The second-order valence-electron chi connectivity index (χ2n) is 3.92. The lowest BCUT2D eigenvalue weighted by atomic mass is 10.1. The molecule has 1 aliphatic heterocycles. The summed E-state index contributed by atoms with van der Waals surface area (Å²) in [6.07, 6.45) is 1.74. The number of nitrogens with two attached hydrogens (primary N) is 1. The molecule has 7 heteroatoms. The first-order chi connectivity index (χ1) is 8.67. The van der Waals surface area contributed by atoms with Gasteiger partial charge < -0.3 is 11.1 Å². The van der Waals surface area contributed by atoms with Gasteiger partial charge in [0.1, 0.15) is 12.4 Å². The zero-order valence-electron chi connectivity index (χ0n) is 9.21. The van der Waals surface area contributed by atoms with Gasteiger partial charge in [-0.15, -0.1) is 5.10 Å². The number of nitriles is 1. The summed E-state index contributed by atoms with van der Waals surface area (Å²) in [6.45, 7) is 0. The van der Waals surface area contributed by atoms with E-state index in [0.717, 1.165) is 11.3 Å². The average molecular weight is 240 g/mol. The van der Waals surface area contributed by atoms with Crippen LogP contribution in [0.3, 0.4) is 0 Å². The summed E-state index contributed by atoms with van der Waals surface area (Å²) in [5.41, 5.74) is 8.57. The zero-order chi connectivity index (χ0) is 12.7. The van der Waals surface area contributed by atoms with E-state index in [2.05, 4.69) is 15.4 Å². The Morgan fingerprint density at radius 1 is 1.50 bits per heavy atom. The second kappa shape index (κ2) is 3.56. The summed E-state index contributed by atoms with van der Waals surface area (Å²) < 4.78 is 1.42. The summed E-state index contributed by atoms with van der Waals surface area (Å²) in [5, 5.41) is 15.4. The maximum Gasteiger partial charge on any atom is 0.252 e. The molecule has 1 amide bonds. The van der Waals surface area contributed by atoms with Gasteiger partial charge in [-0.25, -0.2) is 9.67 Å². The molecule has 1 aromatic carbocycles. The Bertz CT molecular complexity index is 696. The number of nitrogens with one attached hydrogen (secondary N) is 1. The van der Waals surface area contributed by atoms with Gasteiger partial charge in [-0.3, -0.25) is 4.79 Å². The number of nitrogen functional groups attached to an aromatic ring is 1. The van der Waals surface area contributed by atoms with Crippen LogP contribution in [0.4, 0.5) is 11.4 Å². The molecule has 2 aromatic rings. The van der Waals surface area contributed by atoms with E-state index in [9.17, 15) is 4.79 Å². The normalized spacial score (nSPS) is 12.9. The molecule has 1 aliphatic rings. The summed E-state index contributed by atoms with van der Waals surface area (Å²) in [7, 11) is 0. The third-order valence-electron chi connectivity index (χ3n) is 2.72. The zero-order valence-corrected chi connectivity index (χ0v) is 9.21. The fourth-order valence-electron chi connectivity index (χ4n) is 1.91. The van der Waals surface area contributed by atoms with Crippen LogP contribution in [0.2, 0.25) is 0 Å². The van der Waals surface area contributed by atoms with Crippen LogP contribution < -0.4 is 11.1 Å². The maximum absolute atomic E-state index is 11.3. The molecule has 88 valence electrons. The SMILES string of the molecule is N#Cc1ncn(-c2cc3c(cc2N)CC(=O)N3)n1. The minimum absolute atomic E-state index is 0.0575. The van der Waals surface area contributed by atoms with E-state index in [1.54, 1.807) is 12.1 Å². The fraction of sp³-hybridized carbons (Fsp3) is 0.0909. The number of carbonyl (C=O) groups is 1. The van der Waals surface area contributed by atoms with Gasteiger partial charge >= 0.3 is 0 Å². The van der Waals surface area contributed by atoms with Crippen LogP contribution >= 0.6 is 0 Å². The monoisotopic (exact) mass is 240 g/mol. The number of hydrogen-bond donors (Lipinski definition) is 2. The largest absolute Gasteiger partial charge is 0.397 e. The van der Waals surface area contributed by atoms with Crippen molar-refractivity contribution in [2.75, 3.05) is 11.1 Å². The van der Waals surface area contributed by atoms with Crippen molar-refractivity contribution in [3.63, 3.8) is 0 Å². The van der Waals surface area contributed by atoms with Crippen LogP contribution in [0.25, 0.3) is 5.69 Å². The van der Waals surface area contributed by atoms with Crippen molar-refractivity contribution in [1.29, 1.82) is 5.26 Å². The summed E-state index contributed by atoms with van der Waals surface area (Å²) >= 11 is 0. The van der Waals surface area contributed by atoms with Crippen LogP contribution in [0.5, 0.6) is 0 Å². The number of hydrogen-bond acceptors (Lipinski definition) is 5. The lowest BCUT2D eigenvalue weighted by Crippen LogP contribution is -2.04. The first-order valence-electron chi connectivity index (χ1n) is 5.22. The Morgan fingerprint density at radius 2 is 2.33 bits per heavy atom. The molecular weight excluding hydrogens is 232 g/mol. The van der Waals surface area contributed by atoms with Crippen molar-refractivity contribution in [2.45, 2.75) is 6.42 Å². The summed E-state index contributed by atoms with van der Waals surface area (Å²) in [6, 6.07) is 5.30. The predicted octanol–water partition coefficient (Wildman–Crippen LogP) is 0.216. The molecule has 0 spiro atoms. The highest BCUT2D eigenvalue weighted by atomic mass is 16.1. The van der Waals surface area contributed by atoms with Crippen molar-refractivity contribution >= 4 is 17.3 Å². The summed E-state index contributed by atoms with van der Waals surface area (Å²) in [5.74, 6) is 0.0109. The molecule has 1 aromatic heterocycles. The topological polar surface area (TPSA) is 110 Å². The lowest BCUT2D eigenvalue weighted by Gasteiger charge is -2.07. The van der Waals surface area contributed by atoms with E-state index >= 15 is 0 Å². The second-order valence-corrected chi connectivity index (χ2v) is 3.92. The van der Waals surface area contributed by atoms with E-state index < -0.39 is 0 Å². The van der Waals surface area contributed by atoms with Gasteiger partial charge in [-0.05, 0) is 17.7 Å². The van der Waals surface area contributed by atoms with Crippen LogP contribution in [0, 0.1) is 11.3 Å². The van der Waals surface area contributed by atoms with Crippen LogP contribution in [-0.2, 0) is 11.2 Å². The highest BCUT2D eigenvalue weighted by molar-refractivity contribution is 6.00. The number of aromatic nitrogens is 3. The molecular formula is C11H8N6O. The number of fused-ring (bicyclic) bond motifs is 1. The van der Waals surface area contributed by atoms with Crippen molar-refractivity contribution in [3.05, 3.63) is 29.8 Å². The number of carbonyl (C=O) groups excluding carboxylic acids is 1. The third kappa shape index (κ3) is 1.48. The Morgan fingerprint density at radius 3 is 3.06 bits per heavy atom. The molecule has 0 fully saturated rings. The predicted molar refractivity (Wildman–Crippen MR) is 62.8 cm³/mol. The van der Waals surface area contributed by atoms with E-state index in [1.165, 1.54) is 11.0 Å². The molecule has 0 aliphatic carbocycles. The molecule has 0 radical (unpaired) electrons. The number of anilines is 2. The first-order valence-corrected chi connectivity index (χ1v) is 5.22. The van der Waals surface area contributed by atoms with Crippen molar-refractivity contribution in [1.82, 2.24) is 14.8 Å². The third-order valence-corrected chi connectivity index (χ3v) is 2.72. The van der Waals surface area contributed by atoms with Crippen LogP contribution in [-0.4, -0.2) is 20.7 Å². The Labute approximate surface area is 102 Å². The van der Waals surface area contributed by atoms with Crippen molar-refractivity contribution < 1.29 is 4.79 Å². The molecule has 3 N–H and O–H groups in total. The minimum Gasteiger partial charge on any atom is -0.397 e. The van der Waals surface area contributed by atoms with Gasteiger partial charge in [-0.2, -0.15) is 5.26 Å². The molecule has 18 heavy (non-hydrogen) atoms. The maximum atomic E-state index is 11.3. The fourth-order valence-corrected chi connectivity index (χ4v) is 1.91. The van der Waals surface area contributed by atoms with Gasteiger partial charge in [0.2, 0.25) is 5.91 Å². The molecule has 0 saturated carbocycles. The smallest absolute Gasteiger partial charge is 0.252 e. The van der Waals surface area contributed by atoms with Crippen molar-refractivity contribution in [3.8, 4) is 11.8 Å². The standard InChI is InChI=1S/C11H8N6O/c12-4-10-14-5-17(16-10)9-3-8-6(1-7(9)13)2-11(18)15-8/h1,3,5H,2,13H2,(H,15,18). The number of benzene rings is 1. The van der Waals surface area contributed by atoms with E-state index in [1.807, 2.05) is 6.07 Å². The highest BCUT2D eigenvalue weighted by Gasteiger charge is 2.20. The number of amides is 1. The van der Waals surface area contributed by atoms with Crippen LogP contribution in [0.1, 0.15) is 11.4 Å². The van der Waals surface area contributed by atoms with Crippen LogP contribution in [0.15, 0.2) is 18.5 Å². The summed E-state index contributed by atoms with van der Waals surface area (Å²) in [4.78, 5) is 15.1.